The van der Waals surface area contributed by atoms with Crippen LogP contribution in [0.2, 0.25) is 5.02 Å². The Hall–Kier alpha value is -4.36. The van der Waals surface area contributed by atoms with Gasteiger partial charge in [0.25, 0.3) is 5.78 Å². The third-order valence-corrected chi connectivity index (χ3v) is 10.6. The summed E-state index contributed by atoms with van der Waals surface area (Å²) >= 11 is 12.2. The lowest BCUT2D eigenvalue weighted by Gasteiger charge is -2.23. The van der Waals surface area contributed by atoms with E-state index in [2.05, 4.69) is 26.1 Å². The first-order valence-corrected chi connectivity index (χ1v) is 17.5. The zero-order valence-corrected chi connectivity index (χ0v) is 29.5. The Morgan fingerprint density at radius 1 is 1.04 bits per heavy atom. The molecule has 0 saturated carbocycles. The van der Waals surface area contributed by atoms with Gasteiger partial charge in [0.2, 0.25) is 5.13 Å². The number of anilines is 1. The predicted octanol–water partition coefficient (Wildman–Crippen LogP) is 8.47. The van der Waals surface area contributed by atoms with Crippen molar-refractivity contribution < 1.29 is 29.3 Å². The fourth-order valence-corrected chi connectivity index (χ4v) is 7.81. The van der Waals surface area contributed by atoms with Crippen molar-refractivity contribution in [3.8, 4) is 17.2 Å². The van der Waals surface area contributed by atoms with Crippen LogP contribution in [0.3, 0.4) is 0 Å². The summed E-state index contributed by atoms with van der Waals surface area (Å²) in [5.74, 6) is -1.15. The van der Waals surface area contributed by atoms with Gasteiger partial charge in [-0.1, -0.05) is 82.7 Å². The molecule has 2 N–H and O–H groups in total. The van der Waals surface area contributed by atoms with Gasteiger partial charge in [-0.25, -0.2) is 0 Å². The van der Waals surface area contributed by atoms with E-state index in [-0.39, 0.29) is 32.4 Å². The number of ketones is 1. The number of aryl methyl sites for hydroxylation is 1. The molecule has 5 aromatic rings. The molecule has 1 atom stereocenters. The molecule has 1 saturated heterocycles. The van der Waals surface area contributed by atoms with Crippen molar-refractivity contribution in [3.63, 3.8) is 0 Å². The first-order chi connectivity index (χ1) is 23.1. The number of carbonyl (C=O) groups excluding carboxylic acids is 2. The maximum Gasteiger partial charge on any atom is 0.301 e. The molecule has 1 amide bonds. The number of phenols is 1. The second kappa shape index (κ2) is 14.4. The van der Waals surface area contributed by atoms with Gasteiger partial charge in [0.15, 0.2) is 15.8 Å². The highest BCUT2D eigenvalue weighted by Crippen LogP contribution is 2.47. The number of nitrogens with zero attached hydrogens (tertiary/aromatic N) is 3. The van der Waals surface area contributed by atoms with Crippen molar-refractivity contribution in [2.75, 3.05) is 12.0 Å². The quantitative estimate of drug-likeness (QED) is 0.0474. The van der Waals surface area contributed by atoms with Crippen LogP contribution in [-0.4, -0.2) is 39.2 Å². The zero-order valence-electron chi connectivity index (χ0n) is 25.5. The SMILES string of the molecule is COc1cc(C2/C(=C(\O)c3ccc(OCc4cccc(C)c4)cc3)C(=O)C(=O)N2c2nnc(SCc3ccccc3Cl)s2)cc(Br)c1O. The molecular formula is C35H27BrClN3O6S2. The summed E-state index contributed by atoms with van der Waals surface area (Å²) in [7, 11) is 1.39. The molecule has 2 heterocycles. The Kier molecular flexibility index (Phi) is 10.1. The molecule has 0 spiro atoms. The summed E-state index contributed by atoms with van der Waals surface area (Å²) in [6, 6.07) is 24.0. The number of aliphatic hydroxyl groups excluding tert-OH is 1. The number of benzene rings is 4. The number of thioether (sulfide) groups is 1. The molecule has 1 aliphatic heterocycles. The number of ether oxygens (including phenoxy) is 2. The van der Waals surface area contributed by atoms with Crippen molar-refractivity contribution in [2.24, 2.45) is 0 Å². The molecule has 4 aromatic carbocycles. The minimum absolute atomic E-state index is 0.105. The van der Waals surface area contributed by atoms with Crippen LogP contribution in [0.15, 0.2) is 99.3 Å². The second-order valence-electron chi connectivity index (χ2n) is 10.8. The maximum absolute atomic E-state index is 13.7. The maximum atomic E-state index is 13.7. The molecule has 0 aliphatic carbocycles. The van der Waals surface area contributed by atoms with E-state index < -0.39 is 17.7 Å². The normalized spacial score (nSPS) is 15.6. The molecule has 1 aliphatic rings. The van der Waals surface area contributed by atoms with Crippen LogP contribution in [-0.2, 0) is 21.9 Å². The van der Waals surface area contributed by atoms with Crippen molar-refractivity contribution in [3.05, 3.63) is 128 Å². The second-order valence-corrected chi connectivity index (χ2v) is 14.2. The smallest absolute Gasteiger partial charge is 0.301 e. The molecule has 244 valence electrons. The number of aliphatic hydroxyl groups is 1. The van der Waals surface area contributed by atoms with Crippen molar-refractivity contribution in [1.82, 2.24) is 10.2 Å². The number of Topliss-reactive ketones (excluding diaryl/α,β-unsaturated/α-hetero) is 1. The van der Waals surface area contributed by atoms with Gasteiger partial charge < -0.3 is 19.7 Å². The van der Waals surface area contributed by atoms with Crippen LogP contribution < -0.4 is 14.4 Å². The number of aromatic nitrogens is 2. The zero-order chi connectivity index (χ0) is 33.9. The summed E-state index contributed by atoms with van der Waals surface area (Å²) in [5, 5.41) is 31.4. The fraction of sp³-hybridized carbons (Fsp3) is 0.143. The molecule has 1 fully saturated rings. The molecular weight excluding hydrogens is 738 g/mol. The highest BCUT2D eigenvalue weighted by atomic mass is 79.9. The van der Waals surface area contributed by atoms with Gasteiger partial charge in [-0.2, -0.15) is 0 Å². The van der Waals surface area contributed by atoms with E-state index in [9.17, 15) is 19.8 Å². The van der Waals surface area contributed by atoms with Gasteiger partial charge in [0.05, 0.1) is 23.2 Å². The lowest BCUT2D eigenvalue weighted by molar-refractivity contribution is -0.132. The van der Waals surface area contributed by atoms with Gasteiger partial charge in [-0.15, -0.1) is 10.2 Å². The number of carbonyl (C=O) groups is 2. The third kappa shape index (κ3) is 6.93. The van der Waals surface area contributed by atoms with E-state index in [1.807, 2.05) is 49.4 Å². The number of aromatic hydroxyl groups is 1. The van der Waals surface area contributed by atoms with Gasteiger partial charge in [-0.05, 0) is 82.0 Å². The van der Waals surface area contributed by atoms with Crippen LogP contribution in [0.4, 0.5) is 5.13 Å². The molecule has 1 aromatic heterocycles. The van der Waals surface area contributed by atoms with Crippen LogP contribution in [0, 0.1) is 6.92 Å². The van der Waals surface area contributed by atoms with Gasteiger partial charge in [-0.3, -0.25) is 14.5 Å². The first-order valence-electron chi connectivity index (χ1n) is 14.5. The topological polar surface area (TPSA) is 122 Å². The summed E-state index contributed by atoms with van der Waals surface area (Å²) in [6.07, 6.45) is 0. The Bertz CT molecular complexity index is 2050. The van der Waals surface area contributed by atoms with E-state index in [1.54, 1.807) is 36.4 Å². The average molecular weight is 765 g/mol. The summed E-state index contributed by atoms with van der Waals surface area (Å²) in [4.78, 5) is 28.6. The summed E-state index contributed by atoms with van der Waals surface area (Å²) < 4.78 is 12.1. The van der Waals surface area contributed by atoms with E-state index in [0.717, 1.165) is 28.0 Å². The standard InChI is InChI=1S/C35H27BrClN3O6S2/c1-19-6-5-7-20(14-19)17-46-24-12-10-21(11-13-24)30(41)28-29(23-15-25(36)31(42)27(16-23)45-2)40(33(44)32(28)43)34-38-39-35(48-34)47-18-22-8-3-4-9-26(22)37/h3-16,29,41-42H,17-18H2,1-2H3/b30-28+. The Labute approximate surface area is 297 Å². The molecule has 1 unspecified atom stereocenters. The number of amides is 1. The lowest BCUT2D eigenvalue weighted by atomic mass is 9.95. The number of methoxy groups -OCH3 is 1. The minimum atomic E-state index is -1.12. The van der Waals surface area contributed by atoms with E-state index in [4.69, 9.17) is 21.1 Å². The van der Waals surface area contributed by atoms with Crippen LogP contribution in [0.25, 0.3) is 5.76 Å². The lowest BCUT2D eigenvalue weighted by Crippen LogP contribution is -2.29. The highest BCUT2D eigenvalue weighted by molar-refractivity contribution is 9.10. The van der Waals surface area contributed by atoms with E-state index in [0.29, 0.717) is 38.6 Å². The molecule has 9 nitrogen and oxygen atoms in total. The molecule has 6 rings (SSSR count). The molecule has 13 heteroatoms. The highest BCUT2D eigenvalue weighted by Gasteiger charge is 2.48. The largest absolute Gasteiger partial charge is 0.507 e. The number of hydrogen-bond donors (Lipinski definition) is 2. The van der Waals surface area contributed by atoms with Crippen LogP contribution >= 0.6 is 50.6 Å². The fourth-order valence-electron chi connectivity index (χ4n) is 5.20. The van der Waals surface area contributed by atoms with Crippen LogP contribution in [0.5, 0.6) is 17.2 Å². The Morgan fingerprint density at radius 3 is 2.54 bits per heavy atom. The Balaban J connectivity index is 1.35. The number of rotatable bonds is 10. The van der Waals surface area contributed by atoms with E-state index >= 15 is 0 Å². The first kappa shape index (κ1) is 33.5. The molecule has 0 radical (unpaired) electrons. The Morgan fingerprint density at radius 2 is 1.81 bits per heavy atom. The van der Waals surface area contributed by atoms with Crippen LogP contribution in [0.1, 0.15) is 33.9 Å². The third-order valence-electron chi connectivity index (χ3n) is 7.56. The van der Waals surface area contributed by atoms with Gasteiger partial charge >= 0.3 is 5.91 Å². The monoisotopic (exact) mass is 763 g/mol. The van der Waals surface area contributed by atoms with E-state index in [1.165, 1.54) is 29.8 Å². The predicted molar refractivity (Wildman–Crippen MR) is 190 cm³/mol. The minimum Gasteiger partial charge on any atom is -0.507 e. The summed E-state index contributed by atoms with van der Waals surface area (Å²) in [5.41, 5.74) is 3.58. The van der Waals surface area contributed by atoms with Gasteiger partial charge in [0.1, 0.15) is 18.1 Å². The average Bonchev–Trinajstić information content (AvgIpc) is 3.66. The summed E-state index contributed by atoms with van der Waals surface area (Å²) in [6.45, 7) is 2.37. The van der Waals surface area contributed by atoms with Crippen molar-refractivity contribution in [2.45, 2.75) is 29.7 Å². The van der Waals surface area contributed by atoms with Crippen molar-refractivity contribution >= 4 is 73.2 Å². The van der Waals surface area contributed by atoms with Crippen molar-refractivity contribution in [1.29, 1.82) is 0 Å². The molecule has 0 bridgehead atoms. The number of hydrogen-bond acceptors (Lipinski definition) is 10. The number of phenolic OH excluding ortho intramolecular Hbond substituents is 1. The van der Waals surface area contributed by atoms with Gasteiger partial charge in [0, 0.05) is 16.3 Å². The molecule has 48 heavy (non-hydrogen) atoms. The number of halogens is 2.